The smallest absolute Gasteiger partial charge is 0.211 e. The summed E-state index contributed by atoms with van der Waals surface area (Å²) >= 11 is 0. The fourth-order valence-corrected chi connectivity index (χ4v) is 7.28. The third-order valence-corrected chi connectivity index (χ3v) is 10.2. The summed E-state index contributed by atoms with van der Waals surface area (Å²) in [6.45, 7) is 9.09. The Kier molecular flexibility index (Phi) is 19.7. The van der Waals surface area contributed by atoms with Crippen LogP contribution in [0.4, 0.5) is 0 Å². The van der Waals surface area contributed by atoms with Crippen molar-refractivity contribution in [1.82, 2.24) is 0 Å². The van der Waals surface area contributed by atoms with Crippen LogP contribution in [0.1, 0.15) is 198 Å². The molecule has 47 heavy (non-hydrogen) atoms. The standard InChI is InChI=1S/C45H70N2/c1-5-9-13-14-15-16-17-18-19-20-21-22-23-24-25-28-39-29-26-30-41(37-39)45-43(32-12-8-4)42(31-11-7-3)44(47(45)46)40-35-33-38(34-36-40)27-10-6-2/h26,29-30,33-37H,5-25,27-28,31-32H2,1-4H3. The maximum absolute atomic E-state index is 11.9. The van der Waals surface area contributed by atoms with Gasteiger partial charge in [0.15, 0.2) is 0 Å². The summed E-state index contributed by atoms with van der Waals surface area (Å²) in [6.07, 6.45) is 32.3. The molecule has 1 aliphatic rings. The Bertz CT molecular complexity index is 1210. The number of aryl methyl sites for hydroxylation is 2. The molecule has 2 nitrogen and oxygen atoms in total. The van der Waals surface area contributed by atoms with Gasteiger partial charge in [-0.25, -0.2) is 4.70 Å². The van der Waals surface area contributed by atoms with Crippen molar-refractivity contribution in [2.24, 2.45) is 0 Å². The maximum atomic E-state index is 11.9. The first-order valence-corrected chi connectivity index (χ1v) is 20.3. The lowest BCUT2D eigenvalue weighted by Crippen LogP contribution is -2.03. The third kappa shape index (κ3) is 13.5. The van der Waals surface area contributed by atoms with E-state index in [1.807, 2.05) is 0 Å². The van der Waals surface area contributed by atoms with Crippen LogP contribution < -0.4 is 0 Å². The Hall–Kier alpha value is -2.48. The van der Waals surface area contributed by atoms with Gasteiger partial charge in [-0.15, -0.1) is 0 Å². The highest BCUT2D eigenvalue weighted by atomic mass is 15.2. The zero-order valence-electron chi connectivity index (χ0n) is 31.2. The van der Waals surface area contributed by atoms with E-state index in [0.717, 1.165) is 68.3 Å². The molecule has 0 amide bonds. The third-order valence-electron chi connectivity index (χ3n) is 10.2. The lowest BCUT2D eigenvalue weighted by Gasteiger charge is -2.11. The van der Waals surface area contributed by atoms with Crippen molar-refractivity contribution in [3.05, 3.63) is 87.5 Å². The van der Waals surface area contributed by atoms with E-state index >= 15 is 0 Å². The number of allylic oxidation sites excluding steroid dienone is 2. The Balaban J connectivity index is 1.56. The molecule has 1 heterocycles. The maximum Gasteiger partial charge on any atom is 0.211 e. The van der Waals surface area contributed by atoms with Crippen LogP contribution in [-0.2, 0) is 12.8 Å². The van der Waals surface area contributed by atoms with Gasteiger partial charge in [-0.3, -0.25) is 0 Å². The fourth-order valence-electron chi connectivity index (χ4n) is 7.28. The van der Waals surface area contributed by atoms with Gasteiger partial charge in [0.05, 0.1) is 0 Å². The van der Waals surface area contributed by atoms with Crippen molar-refractivity contribution < 1.29 is 4.70 Å². The van der Waals surface area contributed by atoms with Crippen LogP contribution in [0.25, 0.3) is 16.9 Å². The van der Waals surface area contributed by atoms with Crippen LogP contribution in [0.15, 0.2) is 59.7 Å². The zero-order valence-corrected chi connectivity index (χ0v) is 31.2. The SMILES string of the molecule is CCCCCCCCCCCCCCCCCc1cccc(C2=C(CCCC)C(CCCC)=C(c3ccc(CCCC)cc3)[N+]2=[N-])c1. The minimum absolute atomic E-state index is 1.01. The molecular formula is C45H70N2. The van der Waals surface area contributed by atoms with Crippen molar-refractivity contribution >= 4 is 11.4 Å². The number of hydrogen-bond donors (Lipinski definition) is 0. The topological polar surface area (TPSA) is 25.3 Å². The summed E-state index contributed by atoms with van der Waals surface area (Å²) in [6, 6.07) is 18.1. The van der Waals surface area contributed by atoms with Gasteiger partial charge < -0.3 is 5.53 Å². The Morgan fingerprint density at radius 2 is 0.830 bits per heavy atom. The summed E-state index contributed by atoms with van der Waals surface area (Å²) < 4.78 is 1.56. The average Bonchev–Trinajstić information content (AvgIpc) is 3.37. The van der Waals surface area contributed by atoms with Gasteiger partial charge in [-0.05, 0) is 86.8 Å². The summed E-state index contributed by atoms with van der Waals surface area (Å²) in [5.41, 5.74) is 21.8. The van der Waals surface area contributed by atoms with E-state index in [2.05, 4.69) is 76.2 Å². The number of rotatable bonds is 27. The number of hydrogen-bond acceptors (Lipinski definition) is 0. The lowest BCUT2D eigenvalue weighted by atomic mass is 9.91. The molecular weight excluding hydrogens is 569 g/mol. The van der Waals surface area contributed by atoms with E-state index in [1.54, 1.807) is 4.70 Å². The summed E-state index contributed by atoms with van der Waals surface area (Å²) in [5, 5.41) is 0. The molecule has 0 saturated heterocycles. The van der Waals surface area contributed by atoms with Gasteiger partial charge in [-0.1, -0.05) is 161 Å². The van der Waals surface area contributed by atoms with Crippen LogP contribution in [0.5, 0.6) is 0 Å². The van der Waals surface area contributed by atoms with Gasteiger partial charge in [-0.2, -0.15) is 0 Å². The van der Waals surface area contributed by atoms with Crippen LogP contribution in [0.2, 0.25) is 0 Å². The molecule has 0 fully saturated rings. The van der Waals surface area contributed by atoms with E-state index in [0.29, 0.717) is 0 Å². The minimum atomic E-state index is 1.01. The molecule has 2 heteroatoms. The highest BCUT2D eigenvalue weighted by Crippen LogP contribution is 2.44. The van der Waals surface area contributed by atoms with Crippen molar-refractivity contribution in [3.8, 4) is 0 Å². The monoisotopic (exact) mass is 639 g/mol. The predicted molar refractivity (Wildman–Crippen MR) is 207 cm³/mol. The molecule has 0 radical (unpaired) electrons. The summed E-state index contributed by atoms with van der Waals surface area (Å²) in [5.74, 6) is 0. The van der Waals surface area contributed by atoms with Gasteiger partial charge in [0.1, 0.15) is 0 Å². The Morgan fingerprint density at radius 3 is 1.34 bits per heavy atom. The van der Waals surface area contributed by atoms with E-state index in [4.69, 9.17) is 0 Å². The molecule has 2 aromatic carbocycles. The van der Waals surface area contributed by atoms with Crippen LogP contribution in [0.3, 0.4) is 0 Å². The highest BCUT2D eigenvalue weighted by molar-refractivity contribution is 5.82. The van der Waals surface area contributed by atoms with Gasteiger partial charge in [0.2, 0.25) is 11.4 Å². The Morgan fingerprint density at radius 1 is 0.404 bits per heavy atom. The van der Waals surface area contributed by atoms with Crippen LogP contribution in [-0.4, -0.2) is 4.70 Å². The van der Waals surface area contributed by atoms with E-state index in [1.165, 1.54) is 137 Å². The highest BCUT2D eigenvalue weighted by Gasteiger charge is 2.35. The van der Waals surface area contributed by atoms with E-state index in [-0.39, 0.29) is 0 Å². The van der Waals surface area contributed by atoms with Crippen molar-refractivity contribution in [2.45, 2.75) is 188 Å². The molecule has 2 aromatic rings. The summed E-state index contributed by atoms with van der Waals surface area (Å²) in [4.78, 5) is 0. The quantitative estimate of drug-likeness (QED) is 0.0687. The van der Waals surface area contributed by atoms with Gasteiger partial charge in [0.25, 0.3) is 0 Å². The zero-order chi connectivity index (χ0) is 33.5. The first kappa shape index (κ1) is 39.0. The second-order valence-electron chi connectivity index (χ2n) is 14.4. The Labute approximate surface area is 291 Å². The molecule has 0 saturated carbocycles. The first-order valence-electron chi connectivity index (χ1n) is 20.3. The van der Waals surface area contributed by atoms with Crippen LogP contribution >= 0.6 is 0 Å². The second kappa shape index (κ2) is 23.8. The molecule has 0 bridgehead atoms. The number of nitrogens with zero attached hydrogens (tertiary/aromatic N) is 2. The normalized spacial score (nSPS) is 13.4. The van der Waals surface area contributed by atoms with E-state index in [9.17, 15) is 5.53 Å². The molecule has 0 atom stereocenters. The summed E-state index contributed by atoms with van der Waals surface area (Å²) in [7, 11) is 0. The second-order valence-corrected chi connectivity index (χ2v) is 14.4. The van der Waals surface area contributed by atoms with Crippen molar-refractivity contribution in [1.29, 1.82) is 0 Å². The molecule has 1 aliphatic heterocycles. The molecule has 0 spiro atoms. The largest absolute Gasteiger partial charge is 0.493 e. The molecule has 0 unspecified atom stereocenters. The van der Waals surface area contributed by atoms with E-state index < -0.39 is 0 Å². The number of benzene rings is 2. The average molecular weight is 639 g/mol. The van der Waals surface area contributed by atoms with Crippen molar-refractivity contribution in [3.63, 3.8) is 0 Å². The molecule has 0 aliphatic carbocycles. The van der Waals surface area contributed by atoms with Gasteiger partial charge >= 0.3 is 0 Å². The molecule has 3 rings (SSSR count). The molecule has 0 aromatic heterocycles. The van der Waals surface area contributed by atoms with Crippen molar-refractivity contribution in [2.75, 3.05) is 0 Å². The van der Waals surface area contributed by atoms with Crippen LogP contribution in [0, 0.1) is 0 Å². The fraction of sp³-hybridized carbons (Fsp3) is 0.644. The predicted octanol–water partition coefficient (Wildman–Crippen LogP) is 15.0. The molecule has 260 valence electrons. The number of unbranched alkanes of at least 4 members (excludes halogenated alkanes) is 17. The molecule has 0 N–H and O–H groups in total. The lowest BCUT2D eigenvalue weighted by molar-refractivity contribution is -0.345. The van der Waals surface area contributed by atoms with Gasteiger partial charge in [0, 0.05) is 22.3 Å². The first-order chi connectivity index (χ1) is 23.1. The minimum Gasteiger partial charge on any atom is -0.493 e.